The Bertz CT molecular complexity index is 488. The van der Waals surface area contributed by atoms with Crippen LogP contribution in [0.1, 0.15) is 25.5 Å². The molecule has 0 aliphatic heterocycles. The summed E-state index contributed by atoms with van der Waals surface area (Å²) >= 11 is 3.49. The van der Waals surface area contributed by atoms with Crippen LogP contribution in [0.2, 0.25) is 0 Å². The number of benzene rings is 1. The minimum atomic E-state index is 0.0273. The molecule has 1 aromatic carbocycles. The van der Waals surface area contributed by atoms with Gasteiger partial charge in [0.2, 0.25) is 0 Å². The van der Waals surface area contributed by atoms with Crippen LogP contribution < -0.4 is 5.73 Å². The summed E-state index contributed by atoms with van der Waals surface area (Å²) in [6.07, 6.45) is 0. The third kappa shape index (κ3) is 1.68. The summed E-state index contributed by atoms with van der Waals surface area (Å²) in [7, 11) is 0. The second-order valence-electron chi connectivity index (χ2n) is 3.64. The summed E-state index contributed by atoms with van der Waals surface area (Å²) in [5.74, 6) is 0. The number of nitrogens with two attached hydrogens (primary N) is 1. The maximum atomic E-state index is 5.94. The predicted molar refractivity (Wildman–Crippen MR) is 65.7 cm³/mol. The first-order valence-electron chi connectivity index (χ1n) is 5.05. The van der Waals surface area contributed by atoms with E-state index in [2.05, 4.69) is 40.1 Å². The van der Waals surface area contributed by atoms with Gasteiger partial charge in [0.25, 0.3) is 0 Å². The van der Waals surface area contributed by atoms with Gasteiger partial charge in [-0.1, -0.05) is 12.1 Å². The van der Waals surface area contributed by atoms with Crippen molar-refractivity contribution in [3.63, 3.8) is 0 Å². The molecular weight excluding hydrogens is 254 g/mol. The lowest BCUT2D eigenvalue weighted by Crippen LogP contribution is -2.05. The molecule has 15 heavy (non-hydrogen) atoms. The lowest BCUT2D eigenvalue weighted by Gasteiger charge is -2.07. The van der Waals surface area contributed by atoms with E-state index in [1.54, 1.807) is 0 Å². The standard InChI is InChI=1S/C11H14BrN3/c1-3-15-9-6-4-5-8(7(2)13)10(9)11(12)14-15/h4-7H,3,13H2,1-2H3. The van der Waals surface area contributed by atoms with E-state index >= 15 is 0 Å². The zero-order valence-corrected chi connectivity index (χ0v) is 10.5. The molecule has 0 fully saturated rings. The van der Waals surface area contributed by atoms with Crippen molar-refractivity contribution >= 4 is 26.8 Å². The number of fused-ring (bicyclic) bond motifs is 1. The van der Waals surface area contributed by atoms with Gasteiger partial charge in [0.1, 0.15) is 4.60 Å². The van der Waals surface area contributed by atoms with E-state index in [1.165, 1.54) is 0 Å². The number of hydrogen-bond acceptors (Lipinski definition) is 2. The molecule has 80 valence electrons. The average Bonchev–Trinajstić information content (AvgIpc) is 2.55. The van der Waals surface area contributed by atoms with E-state index < -0.39 is 0 Å². The number of aryl methyl sites for hydroxylation is 1. The quantitative estimate of drug-likeness (QED) is 0.910. The van der Waals surface area contributed by atoms with Crippen LogP contribution in [0.15, 0.2) is 22.8 Å². The van der Waals surface area contributed by atoms with Crippen LogP contribution >= 0.6 is 15.9 Å². The fourth-order valence-electron chi connectivity index (χ4n) is 1.83. The van der Waals surface area contributed by atoms with Gasteiger partial charge in [-0.05, 0) is 41.4 Å². The first kappa shape index (κ1) is 10.6. The molecule has 0 saturated carbocycles. The Balaban J connectivity index is 2.80. The van der Waals surface area contributed by atoms with Crippen LogP contribution in [0.25, 0.3) is 10.9 Å². The molecule has 0 aliphatic carbocycles. The second kappa shape index (κ2) is 3.94. The van der Waals surface area contributed by atoms with Gasteiger partial charge >= 0.3 is 0 Å². The molecule has 0 saturated heterocycles. The highest BCUT2D eigenvalue weighted by Gasteiger charge is 2.13. The Labute approximate surface area is 97.4 Å². The number of halogens is 1. The largest absolute Gasteiger partial charge is 0.324 e. The molecule has 2 aromatic rings. The minimum Gasteiger partial charge on any atom is -0.324 e. The van der Waals surface area contributed by atoms with Crippen LogP contribution in [0.3, 0.4) is 0 Å². The van der Waals surface area contributed by atoms with Crippen molar-refractivity contribution in [3.8, 4) is 0 Å². The zero-order valence-electron chi connectivity index (χ0n) is 8.87. The Hall–Kier alpha value is -0.870. The monoisotopic (exact) mass is 267 g/mol. The Morgan fingerprint density at radius 3 is 2.87 bits per heavy atom. The van der Waals surface area contributed by atoms with Gasteiger partial charge in [-0.3, -0.25) is 4.68 Å². The smallest absolute Gasteiger partial charge is 0.136 e. The van der Waals surface area contributed by atoms with Crippen molar-refractivity contribution in [2.75, 3.05) is 0 Å². The molecule has 1 atom stereocenters. The molecule has 4 heteroatoms. The molecule has 0 spiro atoms. The van der Waals surface area contributed by atoms with Gasteiger partial charge < -0.3 is 5.73 Å². The highest BCUT2D eigenvalue weighted by Crippen LogP contribution is 2.29. The fourth-order valence-corrected chi connectivity index (χ4v) is 2.45. The highest BCUT2D eigenvalue weighted by molar-refractivity contribution is 9.10. The van der Waals surface area contributed by atoms with Crippen molar-refractivity contribution in [1.82, 2.24) is 9.78 Å². The SMILES string of the molecule is CCn1nc(Br)c2c(C(C)N)cccc21. The molecule has 2 N–H and O–H groups in total. The van der Waals surface area contributed by atoms with Gasteiger partial charge in [-0.25, -0.2) is 0 Å². The molecule has 2 rings (SSSR count). The Morgan fingerprint density at radius 1 is 1.53 bits per heavy atom. The molecule has 0 amide bonds. The predicted octanol–water partition coefficient (Wildman–Crippen LogP) is 2.84. The van der Waals surface area contributed by atoms with Gasteiger partial charge in [0.15, 0.2) is 0 Å². The van der Waals surface area contributed by atoms with Crippen molar-refractivity contribution in [3.05, 3.63) is 28.4 Å². The van der Waals surface area contributed by atoms with E-state index in [0.717, 1.165) is 27.6 Å². The topological polar surface area (TPSA) is 43.8 Å². The van der Waals surface area contributed by atoms with Gasteiger partial charge in [0, 0.05) is 18.0 Å². The van der Waals surface area contributed by atoms with E-state index in [0.29, 0.717) is 0 Å². The van der Waals surface area contributed by atoms with E-state index in [9.17, 15) is 0 Å². The molecule has 1 heterocycles. The van der Waals surface area contributed by atoms with Gasteiger partial charge in [-0.2, -0.15) is 5.10 Å². The lowest BCUT2D eigenvalue weighted by molar-refractivity contribution is 0.678. The maximum absolute atomic E-state index is 5.94. The van der Waals surface area contributed by atoms with Crippen LogP contribution in [0.4, 0.5) is 0 Å². The van der Waals surface area contributed by atoms with Gasteiger partial charge in [-0.15, -0.1) is 0 Å². The minimum absolute atomic E-state index is 0.0273. The van der Waals surface area contributed by atoms with E-state index in [4.69, 9.17) is 5.73 Å². The molecule has 0 aliphatic rings. The second-order valence-corrected chi connectivity index (χ2v) is 4.39. The third-order valence-corrected chi connectivity index (χ3v) is 3.11. The van der Waals surface area contributed by atoms with Crippen LogP contribution in [0.5, 0.6) is 0 Å². The van der Waals surface area contributed by atoms with Crippen molar-refractivity contribution in [1.29, 1.82) is 0 Å². The first-order chi connectivity index (χ1) is 7.15. The zero-order chi connectivity index (χ0) is 11.0. The Kier molecular flexibility index (Phi) is 2.80. The summed E-state index contributed by atoms with van der Waals surface area (Å²) in [5.41, 5.74) is 8.22. The molecular formula is C11H14BrN3. The summed E-state index contributed by atoms with van der Waals surface area (Å²) in [6, 6.07) is 6.18. The summed E-state index contributed by atoms with van der Waals surface area (Å²) in [4.78, 5) is 0. The summed E-state index contributed by atoms with van der Waals surface area (Å²) in [6.45, 7) is 4.94. The highest BCUT2D eigenvalue weighted by atomic mass is 79.9. The molecule has 0 bridgehead atoms. The number of hydrogen-bond donors (Lipinski definition) is 1. The third-order valence-electron chi connectivity index (χ3n) is 2.56. The number of rotatable bonds is 2. The number of nitrogens with zero attached hydrogens (tertiary/aromatic N) is 2. The first-order valence-corrected chi connectivity index (χ1v) is 5.85. The average molecular weight is 268 g/mol. The Morgan fingerprint density at radius 2 is 2.27 bits per heavy atom. The molecule has 0 radical (unpaired) electrons. The fraction of sp³-hybridized carbons (Fsp3) is 0.364. The van der Waals surface area contributed by atoms with Crippen molar-refractivity contribution < 1.29 is 0 Å². The van der Waals surface area contributed by atoms with Crippen LogP contribution in [-0.4, -0.2) is 9.78 Å². The van der Waals surface area contributed by atoms with E-state index in [-0.39, 0.29) is 6.04 Å². The molecule has 3 nitrogen and oxygen atoms in total. The molecule has 1 aromatic heterocycles. The summed E-state index contributed by atoms with van der Waals surface area (Å²) in [5, 5.41) is 5.56. The molecule has 1 unspecified atom stereocenters. The van der Waals surface area contributed by atoms with Crippen LogP contribution in [0, 0.1) is 0 Å². The van der Waals surface area contributed by atoms with Crippen molar-refractivity contribution in [2.24, 2.45) is 5.73 Å². The van der Waals surface area contributed by atoms with Gasteiger partial charge in [0.05, 0.1) is 5.52 Å². The maximum Gasteiger partial charge on any atom is 0.136 e. The lowest BCUT2D eigenvalue weighted by atomic mass is 10.1. The van der Waals surface area contributed by atoms with Crippen LogP contribution in [-0.2, 0) is 6.54 Å². The normalized spacial score (nSPS) is 13.3. The number of aromatic nitrogens is 2. The summed E-state index contributed by atoms with van der Waals surface area (Å²) < 4.78 is 2.86. The van der Waals surface area contributed by atoms with Crippen molar-refractivity contribution in [2.45, 2.75) is 26.4 Å². The van der Waals surface area contributed by atoms with E-state index in [1.807, 2.05) is 17.7 Å².